The van der Waals surface area contributed by atoms with Crippen molar-refractivity contribution in [3.63, 3.8) is 0 Å². The van der Waals surface area contributed by atoms with Gasteiger partial charge in [-0.15, -0.1) is 0 Å². The summed E-state index contributed by atoms with van der Waals surface area (Å²) in [7, 11) is 0. The fourth-order valence-electron chi connectivity index (χ4n) is 1.86. The Hall–Kier alpha value is -1.25. The van der Waals surface area contributed by atoms with Crippen LogP contribution in [0.4, 0.5) is 0 Å². The lowest BCUT2D eigenvalue weighted by molar-refractivity contribution is -0.120. The van der Waals surface area contributed by atoms with Crippen LogP contribution in [0.1, 0.15) is 43.1 Å². The van der Waals surface area contributed by atoms with E-state index in [0.717, 1.165) is 24.4 Å². The highest BCUT2D eigenvalue weighted by Crippen LogP contribution is 2.28. The number of carbonyl (C=O) groups excluding carboxylic acids is 1. The number of ketones is 1. The second kappa shape index (κ2) is 3.86. The van der Waals surface area contributed by atoms with Crippen molar-refractivity contribution >= 4 is 5.78 Å². The van der Waals surface area contributed by atoms with Crippen LogP contribution in [0.2, 0.25) is 0 Å². The van der Waals surface area contributed by atoms with Gasteiger partial charge in [0.25, 0.3) is 0 Å². The molecule has 1 aliphatic rings. The van der Waals surface area contributed by atoms with E-state index in [1.54, 1.807) is 6.20 Å². The summed E-state index contributed by atoms with van der Waals surface area (Å²) in [6, 6.07) is 1.90. The maximum Gasteiger partial charge on any atom is 0.132 e. The van der Waals surface area contributed by atoms with Gasteiger partial charge in [0.05, 0.1) is 0 Å². The van der Waals surface area contributed by atoms with E-state index >= 15 is 0 Å². The molecule has 0 atom stereocenters. The molecular weight excluding hydrogens is 176 g/mol. The number of hydrogen-bond acceptors (Lipinski definition) is 3. The Morgan fingerprint density at radius 1 is 1.36 bits per heavy atom. The van der Waals surface area contributed by atoms with Gasteiger partial charge in [-0.25, -0.2) is 9.97 Å². The molecule has 1 aromatic heterocycles. The molecule has 0 spiro atoms. The van der Waals surface area contributed by atoms with Crippen LogP contribution >= 0.6 is 0 Å². The predicted molar refractivity (Wildman–Crippen MR) is 53.0 cm³/mol. The Morgan fingerprint density at radius 2 is 2.07 bits per heavy atom. The maximum atomic E-state index is 11.1. The Labute approximate surface area is 83.6 Å². The van der Waals surface area contributed by atoms with Crippen LogP contribution < -0.4 is 0 Å². The number of Topliss-reactive ketones (excluding diaryl/α,β-unsaturated/α-hetero) is 1. The van der Waals surface area contributed by atoms with Crippen LogP contribution in [-0.4, -0.2) is 15.8 Å². The van der Waals surface area contributed by atoms with Crippen LogP contribution in [0.25, 0.3) is 0 Å². The first kappa shape index (κ1) is 9.31. The van der Waals surface area contributed by atoms with Crippen molar-refractivity contribution < 1.29 is 4.79 Å². The highest BCUT2D eigenvalue weighted by molar-refractivity contribution is 5.79. The van der Waals surface area contributed by atoms with Crippen LogP contribution in [-0.2, 0) is 4.79 Å². The number of carbonyl (C=O) groups is 1. The molecule has 3 heteroatoms. The Balaban J connectivity index is 2.12. The molecule has 74 valence electrons. The third kappa shape index (κ3) is 1.97. The Kier molecular flexibility index (Phi) is 2.57. The van der Waals surface area contributed by atoms with Gasteiger partial charge in [0.15, 0.2) is 0 Å². The van der Waals surface area contributed by atoms with Gasteiger partial charge in [0, 0.05) is 30.7 Å². The van der Waals surface area contributed by atoms with E-state index in [9.17, 15) is 4.79 Å². The molecule has 0 aliphatic heterocycles. The lowest BCUT2D eigenvalue weighted by Crippen LogP contribution is -2.14. The van der Waals surface area contributed by atoms with E-state index in [2.05, 4.69) is 9.97 Å². The van der Waals surface area contributed by atoms with Crippen molar-refractivity contribution in [2.75, 3.05) is 0 Å². The number of aryl methyl sites for hydroxylation is 1. The van der Waals surface area contributed by atoms with Crippen molar-refractivity contribution in [2.45, 2.75) is 38.5 Å². The molecule has 2 rings (SSSR count). The molecule has 1 heterocycles. The third-order valence-corrected chi connectivity index (χ3v) is 2.72. The summed E-state index contributed by atoms with van der Waals surface area (Å²) in [4.78, 5) is 19.7. The van der Waals surface area contributed by atoms with Gasteiger partial charge in [-0.1, -0.05) is 0 Å². The van der Waals surface area contributed by atoms with Gasteiger partial charge in [0.2, 0.25) is 0 Å². The molecule has 0 aromatic carbocycles. The zero-order valence-electron chi connectivity index (χ0n) is 8.36. The summed E-state index contributed by atoms with van der Waals surface area (Å²) in [6.45, 7) is 1.97. The fraction of sp³-hybridized carbons (Fsp3) is 0.545. The molecule has 1 aromatic rings. The van der Waals surface area contributed by atoms with Crippen LogP contribution in [0.3, 0.4) is 0 Å². The van der Waals surface area contributed by atoms with Crippen LogP contribution in [0.5, 0.6) is 0 Å². The summed E-state index contributed by atoms with van der Waals surface area (Å²) >= 11 is 0. The van der Waals surface area contributed by atoms with Gasteiger partial charge in [-0.2, -0.15) is 0 Å². The minimum absolute atomic E-state index is 0.383. The van der Waals surface area contributed by atoms with Crippen molar-refractivity contribution in [1.82, 2.24) is 9.97 Å². The van der Waals surface area contributed by atoms with Gasteiger partial charge in [0.1, 0.15) is 11.6 Å². The normalized spacial score (nSPS) is 18.5. The van der Waals surface area contributed by atoms with Gasteiger partial charge in [-0.05, 0) is 25.8 Å². The standard InChI is InChI=1S/C11H14N2O/c1-8-6-7-12-11(13-8)9-2-4-10(14)5-3-9/h6-7,9H,2-5H2,1H3. The van der Waals surface area contributed by atoms with Crippen LogP contribution in [0.15, 0.2) is 12.3 Å². The molecule has 0 radical (unpaired) electrons. The highest BCUT2D eigenvalue weighted by atomic mass is 16.1. The third-order valence-electron chi connectivity index (χ3n) is 2.72. The predicted octanol–water partition coefficient (Wildman–Crippen LogP) is 2.01. The molecule has 0 N–H and O–H groups in total. The minimum atomic E-state index is 0.383. The fourth-order valence-corrected chi connectivity index (χ4v) is 1.86. The summed E-state index contributed by atoms with van der Waals surface area (Å²) in [5, 5.41) is 0. The first-order valence-corrected chi connectivity index (χ1v) is 5.07. The van der Waals surface area contributed by atoms with Crippen molar-refractivity contribution in [3.05, 3.63) is 23.8 Å². The van der Waals surface area contributed by atoms with E-state index in [1.165, 1.54) is 0 Å². The monoisotopic (exact) mass is 190 g/mol. The number of aromatic nitrogens is 2. The topological polar surface area (TPSA) is 42.9 Å². The summed E-state index contributed by atoms with van der Waals surface area (Å²) in [5.74, 6) is 1.69. The van der Waals surface area contributed by atoms with Gasteiger partial charge >= 0.3 is 0 Å². The van der Waals surface area contributed by atoms with E-state index in [4.69, 9.17) is 0 Å². The molecule has 14 heavy (non-hydrogen) atoms. The van der Waals surface area contributed by atoms with Gasteiger partial charge in [-0.3, -0.25) is 4.79 Å². The molecule has 0 unspecified atom stereocenters. The highest BCUT2D eigenvalue weighted by Gasteiger charge is 2.21. The molecule has 3 nitrogen and oxygen atoms in total. The Morgan fingerprint density at radius 3 is 2.71 bits per heavy atom. The zero-order chi connectivity index (χ0) is 9.97. The van der Waals surface area contributed by atoms with Gasteiger partial charge < -0.3 is 0 Å². The van der Waals surface area contributed by atoms with E-state index in [1.807, 2.05) is 13.0 Å². The van der Waals surface area contributed by atoms with E-state index < -0.39 is 0 Å². The molecule has 1 saturated carbocycles. The second-order valence-corrected chi connectivity index (χ2v) is 3.87. The zero-order valence-corrected chi connectivity index (χ0v) is 8.36. The van der Waals surface area contributed by atoms with Crippen molar-refractivity contribution in [2.24, 2.45) is 0 Å². The Bertz CT molecular complexity index is 339. The number of nitrogens with zero attached hydrogens (tertiary/aromatic N) is 2. The largest absolute Gasteiger partial charge is 0.300 e. The summed E-state index contributed by atoms with van der Waals surface area (Å²) in [5.41, 5.74) is 1.01. The molecule has 0 amide bonds. The molecule has 0 saturated heterocycles. The molecule has 1 aliphatic carbocycles. The average Bonchev–Trinajstić information content (AvgIpc) is 2.19. The molecule has 0 bridgehead atoms. The minimum Gasteiger partial charge on any atom is -0.300 e. The summed E-state index contributed by atoms with van der Waals surface area (Å²) < 4.78 is 0. The molecular formula is C11H14N2O. The van der Waals surface area contributed by atoms with Crippen LogP contribution in [0, 0.1) is 6.92 Å². The summed E-state index contributed by atoms with van der Waals surface area (Å²) in [6.07, 6.45) is 5.03. The van der Waals surface area contributed by atoms with E-state index in [-0.39, 0.29) is 0 Å². The second-order valence-electron chi connectivity index (χ2n) is 3.87. The smallest absolute Gasteiger partial charge is 0.132 e. The van der Waals surface area contributed by atoms with Crippen molar-refractivity contribution in [3.8, 4) is 0 Å². The SMILES string of the molecule is Cc1ccnc(C2CCC(=O)CC2)n1. The average molecular weight is 190 g/mol. The lowest BCUT2D eigenvalue weighted by Gasteiger charge is -2.19. The first-order chi connectivity index (χ1) is 6.75. The number of hydrogen-bond donors (Lipinski definition) is 0. The number of rotatable bonds is 1. The maximum absolute atomic E-state index is 11.1. The molecule has 1 fully saturated rings. The lowest BCUT2D eigenvalue weighted by atomic mass is 9.88. The van der Waals surface area contributed by atoms with Crippen molar-refractivity contribution in [1.29, 1.82) is 0 Å². The quantitative estimate of drug-likeness (QED) is 0.680. The first-order valence-electron chi connectivity index (χ1n) is 5.07. The van der Waals surface area contributed by atoms with E-state index in [0.29, 0.717) is 24.5 Å².